The average Bonchev–Trinajstić information content (AvgIpc) is 2.61. The molecule has 4 N–H and O–H groups in total. The van der Waals surface area contributed by atoms with Crippen LogP contribution in [-0.4, -0.2) is 47.0 Å². The van der Waals surface area contributed by atoms with Gasteiger partial charge in [-0.3, -0.25) is 9.59 Å². The molecule has 2 atom stereocenters. The number of amides is 3. The van der Waals surface area contributed by atoms with Crippen LogP contribution in [0.4, 0.5) is 4.79 Å². The molecule has 7 nitrogen and oxygen atoms in total. The molecule has 0 saturated carbocycles. The Morgan fingerprint density at radius 3 is 2.56 bits per heavy atom. The summed E-state index contributed by atoms with van der Waals surface area (Å²) in [5, 5.41) is 11.7. The molecule has 2 unspecified atom stereocenters. The van der Waals surface area contributed by atoms with Gasteiger partial charge in [0.1, 0.15) is 0 Å². The van der Waals surface area contributed by atoms with Gasteiger partial charge in [-0.2, -0.15) is 0 Å². The summed E-state index contributed by atoms with van der Waals surface area (Å²) in [5.74, 6) is -1.39. The minimum Gasteiger partial charge on any atom is -0.481 e. The van der Waals surface area contributed by atoms with Gasteiger partial charge in [0.05, 0.1) is 5.41 Å². The van der Waals surface area contributed by atoms with E-state index in [-0.39, 0.29) is 25.0 Å². The number of carbonyl (C=O) groups is 3. The molecule has 1 aliphatic rings. The third kappa shape index (κ3) is 3.35. The Hall–Kier alpha value is -1.79. The highest BCUT2D eigenvalue weighted by molar-refractivity contribution is 5.80. The van der Waals surface area contributed by atoms with E-state index < -0.39 is 17.3 Å². The molecule has 0 aromatic heterocycles. The Morgan fingerprint density at radius 2 is 2.11 bits per heavy atom. The fourth-order valence-corrected chi connectivity index (χ4v) is 1.96. The lowest BCUT2D eigenvalue weighted by molar-refractivity contribution is -0.147. The van der Waals surface area contributed by atoms with Crippen LogP contribution in [0.15, 0.2) is 0 Å². The highest BCUT2D eigenvalue weighted by Crippen LogP contribution is 2.29. The van der Waals surface area contributed by atoms with Crippen LogP contribution in [-0.2, 0) is 9.59 Å². The summed E-state index contributed by atoms with van der Waals surface area (Å²) < 4.78 is 0. The van der Waals surface area contributed by atoms with Crippen molar-refractivity contribution < 1.29 is 19.5 Å². The van der Waals surface area contributed by atoms with Crippen molar-refractivity contribution in [2.24, 2.45) is 11.1 Å². The number of carboxylic acid groups (broad SMARTS) is 1. The van der Waals surface area contributed by atoms with Gasteiger partial charge in [0.2, 0.25) is 5.91 Å². The van der Waals surface area contributed by atoms with Gasteiger partial charge < -0.3 is 21.1 Å². The molecule has 7 heteroatoms. The summed E-state index contributed by atoms with van der Waals surface area (Å²) in [7, 11) is 0. The standard InChI is InChI=1S/C11H19N3O4/c1-7(5-8(12)15)13-10(18)14-4-3-11(2,6-14)9(16)17/h7H,3-6H2,1-2H3,(H2,12,15)(H,13,18)(H,16,17). The van der Waals surface area contributed by atoms with E-state index >= 15 is 0 Å². The van der Waals surface area contributed by atoms with Gasteiger partial charge in [-0.1, -0.05) is 0 Å². The highest BCUT2D eigenvalue weighted by Gasteiger charge is 2.42. The van der Waals surface area contributed by atoms with E-state index in [2.05, 4.69) is 5.32 Å². The molecule has 0 spiro atoms. The predicted octanol–water partition coefficient (Wildman–Crippen LogP) is -0.243. The number of carbonyl (C=O) groups excluding carboxylic acids is 2. The van der Waals surface area contributed by atoms with Crippen LogP contribution in [0.2, 0.25) is 0 Å². The largest absolute Gasteiger partial charge is 0.481 e. The van der Waals surface area contributed by atoms with E-state index in [0.29, 0.717) is 13.0 Å². The zero-order valence-corrected chi connectivity index (χ0v) is 10.6. The van der Waals surface area contributed by atoms with Crippen molar-refractivity contribution >= 4 is 17.9 Å². The van der Waals surface area contributed by atoms with Crippen LogP contribution in [0.5, 0.6) is 0 Å². The molecule has 0 aromatic carbocycles. The molecule has 0 radical (unpaired) electrons. The third-order valence-corrected chi connectivity index (χ3v) is 3.15. The monoisotopic (exact) mass is 257 g/mol. The number of aliphatic carboxylic acids is 1. The minimum absolute atomic E-state index is 0.0653. The highest BCUT2D eigenvalue weighted by atomic mass is 16.4. The lowest BCUT2D eigenvalue weighted by Crippen LogP contribution is -2.45. The number of hydrogen-bond acceptors (Lipinski definition) is 3. The van der Waals surface area contributed by atoms with Gasteiger partial charge in [-0.05, 0) is 20.3 Å². The first-order valence-electron chi connectivity index (χ1n) is 5.82. The van der Waals surface area contributed by atoms with Gasteiger partial charge in [0.15, 0.2) is 0 Å². The normalized spacial score (nSPS) is 24.7. The molecule has 0 bridgehead atoms. The van der Waals surface area contributed by atoms with Gasteiger partial charge >= 0.3 is 12.0 Å². The number of hydrogen-bond donors (Lipinski definition) is 3. The maximum atomic E-state index is 11.8. The molecule has 18 heavy (non-hydrogen) atoms. The number of nitrogens with one attached hydrogen (secondary N) is 1. The second-order valence-corrected chi connectivity index (χ2v) is 5.06. The van der Waals surface area contributed by atoms with Crippen molar-refractivity contribution in [3.05, 3.63) is 0 Å². The molecule has 1 heterocycles. The summed E-state index contributed by atoms with van der Waals surface area (Å²) >= 11 is 0. The summed E-state index contributed by atoms with van der Waals surface area (Å²) in [6, 6.07) is -0.708. The number of nitrogens with zero attached hydrogens (tertiary/aromatic N) is 1. The number of urea groups is 1. The zero-order chi connectivity index (χ0) is 13.9. The molecule has 1 rings (SSSR count). The van der Waals surface area contributed by atoms with E-state index in [0.717, 1.165) is 0 Å². The van der Waals surface area contributed by atoms with Gasteiger partial charge in [-0.25, -0.2) is 4.79 Å². The van der Waals surface area contributed by atoms with Crippen LogP contribution in [0.3, 0.4) is 0 Å². The van der Waals surface area contributed by atoms with Crippen molar-refractivity contribution in [1.82, 2.24) is 10.2 Å². The topological polar surface area (TPSA) is 113 Å². The predicted molar refractivity (Wildman–Crippen MR) is 63.7 cm³/mol. The van der Waals surface area contributed by atoms with E-state index in [9.17, 15) is 14.4 Å². The SMILES string of the molecule is CC(CC(N)=O)NC(=O)N1CCC(C)(C(=O)O)C1. The van der Waals surface area contributed by atoms with Crippen LogP contribution in [0.25, 0.3) is 0 Å². The quantitative estimate of drug-likeness (QED) is 0.644. The summed E-state index contributed by atoms with van der Waals surface area (Å²) in [5.41, 5.74) is 4.14. The number of carboxylic acids is 1. The molecule has 0 aromatic rings. The van der Waals surface area contributed by atoms with Crippen LogP contribution >= 0.6 is 0 Å². The van der Waals surface area contributed by atoms with Crippen LogP contribution in [0, 0.1) is 5.41 Å². The van der Waals surface area contributed by atoms with Gasteiger partial charge in [-0.15, -0.1) is 0 Å². The third-order valence-electron chi connectivity index (χ3n) is 3.15. The molecule has 3 amide bonds. The number of primary amides is 1. The van der Waals surface area contributed by atoms with Crippen molar-refractivity contribution in [2.75, 3.05) is 13.1 Å². The fraction of sp³-hybridized carbons (Fsp3) is 0.727. The molecule has 1 fully saturated rings. The molecular formula is C11H19N3O4. The molecular weight excluding hydrogens is 238 g/mol. The van der Waals surface area contributed by atoms with Crippen LogP contribution < -0.4 is 11.1 Å². The minimum atomic E-state index is -0.900. The summed E-state index contributed by atoms with van der Waals surface area (Å²) in [6.45, 7) is 3.87. The second kappa shape index (κ2) is 5.24. The van der Waals surface area contributed by atoms with E-state index in [1.165, 1.54) is 4.90 Å². The lowest BCUT2D eigenvalue weighted by Gasteiger charge is -2.22. The van der Waals surface area contributed by atoms with Crippen LogP contribution in [0.1, 0.15) is 26.7 Å². The van der Waals surface area contributed by atoms with Gasteiger partial charge in [0, 0.05) is 25.6 Å². The second-order valence-electron chi connectivity index (χ2n) is 5.06. The molecule has 1 saturated heterocycles. The van der Waals surface area contributed by atoms with Crippen molar-refractivity contribution in [1.29, 1.82) is 0 Å². The fourth-order valence-electron chi connectivity index (χ4n) is 1.96. The summed E-state index contributed by atoms with van der Waals surface area (Å²) in [4.78, 5) is 35.0. The Morgan fingerprint density at radius 1 is 1.50 bits per heavy atom. The number of nitrogens with two attached hydrogens (primary N) is 1. The molecule has 102 valence electrons. The van der Waals surface area contributed by atoms with Gasteiger partial charge in [0.25, 0.3) is 0 Å². The van der Waals surface area contributed by atoms with E-state index in [1.807, 2.05) is 0 Å². The lowest BCUT2D eigenvalue weighted by atomic mass is 9.90. The Balaban J connectivity index is 2.50. The zero-order valence-electron chi connectivity index (χ0n) is 10.6. The Bertz CT molecular complexity index is 371. The van der Waals surface area contributed by atoms with E-state index in [1.54, 1.807) is 13.8 Å². The average molecular weight is 257 g/mol. The van der Waals surface area contributed by atoms with E-state index in [4.69, 9.17) is 10.8 Å². The molecule has 0 aliphatic carbocycles. The maximum Gasteiger partial charge on any atom is 0.317 e. The first-order valence-corrected chi connectivity index (χ1v) is 5.82. The first-order chi connectivity index (χ1) is 8.24. The van der Waals surface area contributed by atoms with Crippen molar-refractivity contribution in [3.63, 3.8) is 0 Å². The first kappa shape index (κ1) is 14.3. The number of likely N-dealkylation sites (tertiary alicyclic amines) is 1. The Labute approximate surface area is 105 Å². The number of rotatable bonds is 4. The van der Waals surface area contributed by atoms with Crippen molar-refractivity contribution in [2.45, 2.75) is 32.7 Å². The van der Waals surface area contributed by atoms with Crippen molar-refractivity contribution in [3.8, 4) is 0 Å². The summed E-state index contributed by atoms with van der Waals surface area (Å²) in [6.07, 6.45) is 0.496. The maximum absolute atomic E-state index is 11.8. The molecule has 1 aliphatic heterocycles. The Kier molecular flexibility index (Phi) is 4.15. The smallest absolute Gasteiger partial charge is 0.317 e.